The van der Waals surface area contributed by atoms with Gasteiger partial charge < -0.3 is 10.5 Å². The zero-order valence-electron chi connectivity index (χ0n) is 14.1. The Hall–Kier alpha value is -3.67. The van der Waals surface area contributed by atoms with Crippen molar-refractivity contribution in [2.75, 3.05) is 7.11 Å². The van der Waals surface area contributed by atoms with Gasteiger partial charge in [0.1, 0.15) is 5.75 Å². The van der Waals surface area contributed by atoms with Crippen LogP contribution in [-0.4, -0.2) is 27.6 Å². The second-order valence-corrected chi connectivity index (χ2v) is 5.74. The van der Waals surface area contributed by atoms with E-state index in [-0.39, 0.29) is 0 Å². The number of aromatic nitrogens is 3. The molecule has 0 unspecified atom stereocenters. The SMILES string of the molecule is COc1ccc(C(N)=O)c(-c2ccc3nccn3n2)c1-c1ccccc1. The van der Waals surface area contributed by atoms with Crippen molar-refractivity contribution in [1.29, 1.82) is 0 Å². The quantitative estimate of drug-likeness (QED) is 0.616. The van der Waals surface area contributed by atoms with E-state index in [1.165, 1.54) is 0 Å². The Morgan fingerprint density at radius 3 is 2.58 bits per heavy atom. The molecule has 0 aliphatic rings. The van der Waals surface area contributed by atoms with Crippen LogP contribution in [0.15, 0.2) is 67.0 Å². The van der Waals surface area contributed by atoms with E-state index in [0.717, 1.165) is 16.8 Å². The topological polar surface area (TPSA) is 82.5 Å². The van der Waals surface area contributed by atoms with Crippen molar-refractivity contribution in [3.8, 4) is 28.1 Å². The molecular weight excluding hydrogens is 328 g/mol. The number of fused-ring (bicyclic) bond motifs is 1. The number of hydrogen-bond acceptors (Lipinski definition) is 4. The van der Waals surface area contributed by atoms with Crippen LogP contribution in [0, 0.1) is 0 Å². The van der Waals surface area contributed by atoms with Crippen molar-refractivity contribution in [3.63, 3.8) is 0 Å². The maximum atomic E-state index is 12.1. The van der Waals surface area contributed by atoms with Gasteiger partial charge in [-0.1, -0.05) is 30.3 Å². The number of carbonyl (C=O) groups excluding carboxylic acids is 1. The fraction of sp³-hybridized carbons (Fsp3) is 0.0500. The first-order valence-electron chi connectivity index (χ1n) is 8.06. The van der Waals surface area contributed by atoms with Crippen molar-refractivity contribution in [2.45, 2.75) is 0 Å². The zero-order chi connectivity index (χ0) is 18.1. The summed E-state index contributed by atoms with van der Waals surface area (Å²) in [5.41, 5.74) is 9.70. The monoisotopic (exact) mass is 344 g/mol. The third kappa shape index (κ3) is 2.57. The van der Waals surface area contributed by atoms with E-state index in [1.54, 1.807) is 36.2 Å². The van der Waals surface area contributed by atoms with Crippen molar-refractivity contribution >= 4 is 11.6 Å². The number of ether oxygens (including phenoxy) is 1. The highest BCUT2D eigenvalue weighted by Crippen LogP contribution is 2.40. The predicted molar refractivity (Wildman–Crippen MR) is 98.9 cm³/mol. The average molecular weight is 344 g/mol. The number of benzene rings is 2. The minimum atomic E-state index is -0.521. The summed E-state index contributed by atoms with van der Waals surface area (Å²) in [6.07, 6.45) is 3.43. The molecule has 4 aromatic rings. The lowest BCUT2D eigenvalue weighted by atomic mass is 9.91. The third-order valence-electron chi connectivity index (χ3n) is 4.23. The first kappa shape index (κ1) is 15.8. The van der Waals surface area contributed by atoms with E-state index < -0.39 is 5.91 Å². The fourth-order valence-corrected chi connectivity index (χ4v) is 3.06. The molecule has 0 saturated heterocycles. The van der Waals surface area contributed by atoms with Crippen molar-refractivity contribution in [3.05, 3.63) is 72.6 Å². The van der Waals surface area contributed by atoms with Crippen LogP contribution in [0.2, 0.25) is 0 Å². The number of nitrogens with zero attached hydrogens (tertiary/aromatic N) is 3. The summed E-state index contributed by atoms with van der Waals surface area (Å²) in [5, 5.41) is 4.60. The van der Waals surface area contributed by atoms with Gasteiger partial charge in [0, 0.05) is 29.1 Å². The fourth-order valence-electron chi connectivity index (χ4n) is 3.06. The predicted octanol–water partition coefficient (Wildman–Crippen LogP) is 3.17. The highest BCUT2D eigenvalue weighted by Gasteiger charge is 2.21. The highest BCUT2D eigenvalue weighted by atomic mass is 16.5. The Labute approximate surface area is 149 Å². The summed E-state index contributed by atoms with van der Waals surface area (Å²) in [7, 11) is 1.60. The molecule has 0 spiro atoms. The Kier molecular flexibility index (Phi) is 3.85. The molecule has 0 saturated carbocycles. The largest absolute Gasteiger partial charge is 0.496 e. The number of methoxy groups -OCH3 is 1. The minimum Gasteiger partial charge on any atom is -0.496 e. The van der Waals surface area contributed by atoms with Gasteiger partial charge in [-0.15, -0.1) is 0 Å². The van der Waals surface area contributed by atoms with Crippen LogP contribution in [0.4, 0.5) is 0 Å². The van der Waals surface area contributed by atoms with Crippen LogP contribution in [0.1, 0.15) is 10.4 Å². The Morgan fingerprint density at radius 2 is 1.85 bits per heavy atom. The maximum absolute atomic E-state index is 12.1. The van der Waals surface area contributed by atoms with Gasteiger partial charge in [-0.25, -0.2) is 9.50 Å². The summed E-state index contributed by atoms with van der Waals surface area (Å²) in [6, 6.07) is 16.8. The van der Waals surface area contributed by atoms with Gasteiger partial charge in [-0.05, 0) is 29.8 Å². The molecule has 0 aliphatic heterocycles. The Bertz CT molecular complexity index is 1100. The number of amides is 1. The summed E-state index contributed by atoms with van der Waals surface area (Å²) in [5.74, 6) is 0.121. The van der Waals surface area contributed by atoms with Gasteiger partial charge >= 0.3 is 0 Å². The number of carbonyl (C=O) groups is 1. The molecule has 26 heavy (non-hydrogen) atoms. The molecule has 2 N–H and O–H groups in total. The van der Waals surface area contributed by atoms with E-state index in [1.807, 2.05) is 42.5 Å². The van der Waals surface area contributed by atoms with E-state index in [9.17, 15) is 4.79 Å². The lowest BCUT2D eigenvalue weighted by Crippen LogP contribution is -2.14. The van der Waals surface area contributed by atoms with E-state index in [0.29, 0.717) is 22.6 Å². The highest BCUT2D eigenvalue weighted by molar-refractivity contribution is 6.04. The van der Waals surface area contributed by atoms with Crippen molar-refractivity contribution < 1.29 is 9.53 Å². The van der Waals surface area contributed by atoms with E-state index >= 15 is 0 Å². The van der Waals surface area contributed by atoms with Gasteiger partial charge in [0.15, 0.2) is 5.65 Å². The van der Waals surface area contributed by atoms with E-state index in [2.05, 4.69) is 10.1 Å². The molecule has 2 aromatic heterocycles. The summed E-state index contributed by atoms with van der Waals surface area (Å²) in [4.78, 5) is 16.3. The first-order valence-corrected chi connectivity index (χ1v) is 8.06. The van der Waals surface area contributed by atoms with Crippen LogP contribution >= 0.6 is 0 Å². The van der Waals surface area contributed by atoms with Crippen LogP contribution < -0.4 is 10.5 Å². The average Bonchev–Trinajstić information content (AvgIpc) is 3.15. The molecule has 2 heterocycles. The molecule has 0 bridgehead atoms. The van der Waals surface area contributed by atoms with Crippen LogP contribution in [0.25, 0.3) is 28.0 Å². The van der Waals surface area contributed by atoms with E-state index in [4.69, 9.17) is 10.5 Å². The summed E-state index contributed by atoms with van der Waals surface area (Å²) < 4.78 is 7.23. The van der Waals surface area contributed by atoms with Crippen LogP contribution in [0.3, 0.4) is 0 Å². The van der Waals surface area contributed by atoms with Gasteiger partial charge in [0.2, 0.25) is 5.91 Å². The molecule has 0 atom stereocenters. The molecule has 2 aromatic carbocycles. The van der Waals surface area contributed by atoms with Crippen molar-refractivity contribution in [1.82, 2.24) is 14.6 Å². The number of hydrogen-bond donors (Lipinski definition) is 1. The minimum absolute atomic E-state index is 0.386. The second kappa shape index (κ2) is 6.33. The molecule has 0 radical (unpaired) electrons. The second-order valence-electron chi connectivity index (χ2n) is 5.74. The molecule has 1 amide bonds. The smallest absolute Gasteiger partial charge is 0.249 e. The lowest BCUT2D eigenvalue weighted by molar-refractivity contribution is 0.100. The number of primary amides is 1. The normalized spacial score (nSPS) is 10.8. The third-order valence-corrected chi connectivity index (χ3v) is 4.23. The van der Waals surface area contributed by atoms with Crippen LogP contribution in [-0.2, 0) is 0 Å². The van der Waals surface area contributed by atoms with Gasteiger partial charge in [-0.3, -0.25) is 4.79 Å². The summed E-state index contributed by atoms with van der Waals surface area (Å²) in [6.45, 7) is 0. The Morgan fingerprint density at radius 1 is 1.04 bits per heavy atom. The van der Waals surface area contributed by atoms with Gasteiger partial charge in [0.05, 0.1) is 12.8 Å². The van der Waals surface area contributed by atoms with Gasteiger partial charge in [-0.2, -0.15) is 5.10 Å². The van der Waals surface area contributed by atoms with Gasteiger partial charge in [0.25, 0.3) is 0 Å². The van der Waals surface area contributed by atoms with Crippen molar-refractivity contribution in [2.24, 2.45) is 5.73 Å². The first-order chi connectivity index (χ1) is 12.7. The lowest BCUT2D eigenvalue weighted by Gasteiger charge is -2.17. The van der Waals surface area contributed by atoms with Crippen LogP contribution in [0.5, 0.6) is 5.75 Å². The molecule has 0 aliphatic carbocycles. The number of rotatable bonds is 4. The summed E-state index contributed by atoms with van der Waals surface area (Å²) >= 11 is 0. The molecule has 4 rings (SSSR count). The zero-order valence-corrected chi connectivity index (χ0v) is 14.1. The standard InChI is InChI=1S/C20H16N4O2/c1-26-16-9-7-14(20(21)25)19(18(16)13-5-3-2-4-6-13)15-8-10-17-22-11-12-24(17)23-15/h2-12H,1H3,(H2,21,25). The number of nitrogens with two attached hydrogens (primary N) is 1. The molecule has 6 nitrogen and oxygen atoms in total. The molecular formula is C20H16N4O2. The maximum Gasteiger partial charge on any atom is 0.249 e. The Balaban J connectivity index is 2.09. The molecule has 6 heteroatoms. The molecule has 0 fully saturated rings. The number of imidazole rings is 1. The molecule has 128 valence electrons.